The van der Waals surface area contributed by atoms with E-state index in [0.717, 1.165) is 18.8 Å². The molecular formula is C13H20N2. The first kappa shape index (κ1) is 10.5. The Bertz CT molecular complexity index is 342. The molecule has 1 aromatic rings. The van der Waals surface area contributed by atoms with Crippen LogP contribution in [0.25, 0.3) is 0 Å². The minimum atomic E-state index is 0.621. The van der Waals surface area contributed by atoms with Crippen LogP contribution in [0.4, 0.5) is 5.69 Å². The van der Waals surface area contributed by atoms with Gasteiger partial charge in [-0.25, -0.2) is 0 Å². The van der Waals surface area contributed by atoms with Gasteiger partial charge in [-0.3, -0.25) is 4.90 Å². The van der Waals surface area contributed by atoms with E-state index in [9.17, 15) is 0 Å². The van der Waals surface area contributed by atoms with Gasteiger partial charge in [-0.05, 0) is 49.2 Å². The molecule has 0 saturated carbocycles. The average Bonchev–Trinajstić information content (AvgIpc) is 2.63. The third-order valence-electron chi connectivity index (χ3n) is 3.47. The van der Waals surface area contributed by atoms with Crippen molar-refractivity contribution in [3.63, 3.8) is 0 Å². The van der Waals surface area contributed by atoms with Crippen molar-refractivity contribution < 1.29 is 0 Å². The van der Waals surface area contributed by atoms with E-state index in [1.807, 2.05) is 6.07 Å². The third-order valence-corrected chi connectivity index (χ3v) is 3.47. The molecule has 2 nitrogen and oxygen atoms in total. The summed E-state index contributed by atoms with van der Waals surface area (Å²) in [5, 5.41) is 0. The molecule has 0 spiro atoms. The standard InChI is InChI=1S/C13H20N2/c1-3-15(4-2)13-8-5-10-9-11(14)6-7-12(10)13/h6-7,9,13H,3-5,8,14H2,1-2H3. The molecule has 0 amide bonds. The predicted molar refractivity (Wildman–Crippen MR) is 64.8 cm³/mol. The number of rotatable bonds is 3. The highest BCUT2D eigenvalue weighted by Gasteiger charge is 2.25. The van der Waals surface area contributed by atoms with Gasteiger partial charge in [-0.15, -0.1) is 0 Å². The molecule has 1 aliphatic rings. The summed E-state index contributed by atoms with van der Waals surface area (Å²) in [6, 6.07) is 7.00. The van der Waals surface area contributed by atoms with E-state index in [4.69, 9.17) is 5.73 Å². The Morgan fingerprint density at radius 2 is 2.07 bits per heavy atom. The van der Waals surface area contributed by atoms with E-state index in [1.165, 1.54) is 24.0 Å². The molecule has 0 radical (unpaired) electrons. The van der Waals surface area contributed by atoms with E-state index in [-0.39, 0.29) is 0 Å². The second-order valence-electron chi connectivity index (χ2n) is 4.23. The maximum Gasteiger partial charge on any atom is 0.0353 e. The van der Waals surface area contributed by atoms with Gasteiger partial charge in [-0.2, -0.15) is 0 Å². The number of anilines is 1. The molecule has 2 N–H and O–H groups in total. The predicted octanol–water partition coefficient (Wildman–Crippen LogP) is 2.60. The summed E-state index contributed by atoms with van der Waals surface area (Å²) in [5.74, 6) is 0. The van der Waals surface area contributed by atoms with E-state index >= 15 is 0 Å². The number of nitrogens with zero attached hydrogens (tertiary/aromatic N) is 1. The summed E-state index contributed by atoms with van der Waals surface area (Å²) >= 11 is 0. The highest BCUT2D eigenvalue weighted by molar-refractivity contribution is 5.47. The summed E-state index contributed by atoms with van der Waals surface area (Å²) in [5.41, 5.74) is 9.65. The molecule has 2 heteroatoms. The average molecular weight is 204 g/mol. The molecule has 0 aromatic heterocycles. The van der Waals surface area contributed by atoms with Crippen LogP contribution in [0, 0.1) is 0 Å². The normalized spacial score (nSPS) is 19.5. The smallest absolute Gasteiger partial charge is 0.0353 e. The van der Waals surface area contributed by atoms with Crippen LogP contribution in [0.3, 0.4) is 0 Å². The lowest BCUT2D eigenvalue weighted by atomic mass is 10.1. The topological polar surface area (TPSA) is 29.3 Å². The monoisotopic (exact) mass is 204 g/mol. The zero-order chi connectivity index (χ0) is 10.8. The van der Waals surface area contributed by atoms with Crippen LogP contribution in [0.2, 0.25) is 0 Å². The number of hydrogen-bond acceptors (Lipinski definition) is 2. The van der Waals surface area contributed by atoms with Crippen molar-refractivity contribution in [3.05, 3.63) is 29.3 Å². The summed E-state index contributed by atoms with van der Waals surface area (Å²) in [4.78, 5) is 2.53. The lowest BCUT2D eigenvalue weighted by Crippen LogP contribution is -2.26. The molecule has 0 fully saturated rings. The first-order chi connectivity index (χ1) is 7.26. The number of fused-ring (bicyclic) bond motifs is 1. The zero-order valence-corrected chi connectivity index (χ0v) is 9.66. The lowest BCUT2D eigenvalue weighted by molar-refractivity contribution is 0.218. The first-order valence-electron chi connectivity index (χ1n) is 5.88. The Labute approximate surface area is 92.1 Å². The summed E-state index contributed by atoms with van der Waals surface area (Å²) in [6.07, 6.45) is 2.43. The fourth-order valence-corrected chi connectivity index (χ4v) is 2.66. The van der Waals surface area contributed by atoms with Crippen molar-refractivity contribution in [1.29, 1.82) is 0 Å². The largest absolute Gasteiger partial charge is 0.399 e. The maximum atomic E-state index is 5.80. The Morgan fingerprint density at radius 3 is 2.73 bits per heavy atom. The zero-order valence-electron chi connectivity index (χ0n) is 9.66. The second kappa shape index (κ2) is 4.23. The third kappa shape index (κ3) is 1.86. The van der Waals surface area contributed by atoms with Gasteiger partial charge in [0.15, 0.2) is 0 Å². The van der Waals surface area contributed by atoms with Crippen LogP contribution in [-0.2, 0) is 6.42 Å². The van der Waals surface area contributed by atoms with Gasteiger partial charge in [0.25, 0.3) is 0 Å². The Morgan fingerprint density at radius 1 is 1.33 bits per heavy atom. The minimum absolute atomic E-state index is 0.621. The maximum absolute atomic E-state index is 5.80. The lowest BCUT2D eigenvalue weighted by Gasteiger charge is -2.26. The molecule has 0 bridgehead atoms. The van der Waals surface area contributed by atoms with Gasteiger partial charge in [0.1, 0.15) is 0 Å². The Kier molecular flexibility index (Phi) is 2.96. The SMILES string of the molecule is CCN(CC)C1CCc2cc(N)ccc21. The van der Waals surface area contributed by atoms with E-state index in [0.29, 0.717) is 6.04 Å². The first-order valence-corrected chi connectivity index (χ1v) is 5.88. The van der Waals surface area contributed by atoms with Gasteiger partial charge >= 0.3 is 0 Å². The van der Waals surface area contributed by atoms with E-state index in [2.05, 4.69) is 30.9 Å². The minimum Gasteiger partial charge on any atom is -0.399 e. The van der Waals surface area contributed by atoms with Crippen molar-refractivity contribution in [3.8, 4) is 0 Å². The van der Waals surface area contributed by atoms with Gasteiger partial charge in [0.2, 0.25) is 0 Å². The molecule has 1 atom stereocenters. The number of nitrogens with two attached hydrogens (primary N) is 1. The van der Waals surface area contributed by atoms with Crippen molar-refractivity contribution in [2.24, 2.45) is 0 Å². The molecule has 15 heavy (non-hydrogen) atoms. The highest BCUT2D eigenvalue weighted by atomic mass is 15.1. The fourth-order valence-electron chi connectivity index (χ4n) is 2.66. The fraction of sp³-hybridized carbons (Fsp3) is 0.538. The summed E-state index contributed by atoms with van der Waals surface area (Å²) in [7, 11) is 0. The summed E-state index contributed by atoms with van der Waals surface area (Å²) in [6.45, 7) is 6.73. The number of benzene rings is 1. The van der Waals surface area contributed by atoms with Gasteiger partial charge in [0, 0.05) is 11.7 Å². The molecule has 82 valence electrons. The molecular weight excluding hydrogens is 184 g/mol. The Hall–Kier alpha value is -1.02. The number of aryl methyl sites for hydroxylation is 1. The van der Waals surface area contributed by atoms with Gasteiger partial charge in [-0.1, -0.05) is 19.9 Å². The molecule has 2 rings (SSSR count). The van der Waals surface area contributed by atoms with Crippen LogP contribution in [0.15, 0.2) is 18.2 Å². The van der Waals surface area contributed by atoms with Crippen LogP contribution in [0.5, 0.6) is 0 Å². The van der Waals surface area contributed by atoms with Gasteiger partial charge < -0.3 is 5.73 Å². The van der Waals surface area contributed by atoms with Crippen molar-refractivity contribution in [2.75, 3.05) is 18.8 Å². The molecule has 0 aliphatic heterocycles. The Balaban J connectivity index is 2.28. The molecule has 0 saturated heterocycles. The molecule has 1 unspecified atom stereocenters. The molecule has 1 aliphatic carbocycles. The number of nitrogen functional groups attached to an aromatic ring is 1. The second-order valence-corrected chi connectivity index (χ2v) is 4.23. The van der Waals surface area contributed by atoms with Crippen LogP contribution >= 0.6 is 0 Å². The van der Waals surface area contributed by atoms with E-state index < -0.39 is 0 Å². The number of hydrogen-bond donors (Lipinski definition) is 1. The van der Waals surface area contributed by atoms with Crippen LogP contribution < -0.4 is 5.73 Å². The van der Waals surface area contributed by atoms with Crippen molar-refractivity contribution in [2.45, 2.75) is 32.7 Å². The van der Waals surface area contributed by atoms with Crippen LogP contribution in [-0.4, -0.2) is 18.0 Å². The molecule has 0 heterocycles. The summed E-state index contributed by atoms with van der Waals surface area (Å²) < 4.78 is 0. The van der Waals surface area contributed by atoms with Crippen molar-refractivity contribution >= 4 is 5.69 Å². The van der Waals surface area contributed by atoms with Crippen molar-refractivity contribution in [1.82, 2.24) is 4.90 Å². The molecule has 1 aromatic carbocycles. The van der Waals surface area contributed by atoms with E-state index in [1.54, 1.807) is 0 Å². The highest BCUT2D eigenvalue weighted by Crippen LogP contribution is 2.36. The van der Waals surface area contributed by atoms with Crippen LogP contribution in [0.1, 0.15) is 37.4 Å². The van der Waals surface area contributed by atoms with Gasteiger partial charge in [0.05, 0.1) is 0 Å². The quantitative estimate of drug-likeness (QED) is 0.767.